The van der Waals surface area contributed by atoms with Crippen LogP contribution in [0, 0.1) is 3.57 Å². The van der Waals surface area contributed by atoms with Gasteiger partial charge in [0.05, 0.1) is 46.2 Å². The number of benzene rings is 3. The van der Waals surface area contributed by atoms with E-state index in [0.29, 0.717) is 48.9 Å². The highest BCUT2D eigenvalue weighted by molar-refractivity contribution is 14.1. The first-order chi connectivity index (χ1) is 21.6. The molecule has 0 unspecified atom stereocenters. The SMILES string of the molecule is CCOC(=O)C1=C(C)N=c2s/c(=C\c3cc(Br)cc(I)c3OCc3ccc(Br)cc3)c(=O)n2[C@H]1c1cc(OC)c(OC)cc1Br. The summed E-state index contributed by atoms with van der Waals surface area (Å²) in [6, 6.07) is 14.4. The summed E-state index contributed by atoms with van der Waals surface area (Å²) in [5.41, 5.74) is 2.76. The number of carbonyl (C=O) groups excluding carboxylic acids is 1. The van der Waals surface area contributed by atoms with Crippen molar-refractivity contribution in [2.24, 2.45) is 4.99 Å². The molecule has 0 bridgehead atoms. The van der Waals surface area contributed by atoms with Crippen molar-refractivity contribution in [3.8, 4) is 17.2 Å². The number of aromatic nitrogens is 1. The lowest BCUT2D eigenvalue weighted by atomic mass is 9.95. The number of methoxy groups -OCH3 is 2. The second-order valence-electron chi connectivity index (χ2n) is 9.75. The molecule has 0 saturated heterocycles. The van der Waals surface area contributed by atoms with E-state index in [-0.39, 0.29) is 17.7 Å². The van der Waals surface area contributed by atoms with Crippen LogP contribution in [-0.4, -0.2) is 31.4 Å². The third-order valence-electron chi connectivity index (χ3n) is 6.93. The van der Waals surface area contributed by atoms with Crippen molar-refractivity contribution in [2.45, 2.75) is 26.5 Å². The molecule has 0 saturated carbocycles. The number of esters is 1. The molecular weight excluding hydrogens is 907 g/mol. The van der Waals surface area contributed by atoms with Crippen molar-refractivity contribution in [1.82, 2.24) is 4.57 Å². The molecule has 5 rings (SSSR count). The third kappa shape index (κ3) is 7.11. The molecule has 3 aromatic carbocycles. The highest BCUT2D eigenvalue weighted by Gasteiger charge is 2.35. The fourth-order valence-corrected chi connectivity index (χ4v) is 8.43. The number of halogens is 4. The molecule has 8 nitrogen and oxygen atoms in total. The molecule has 0 amide bonds. The number of hydrogen-bond donors (Lipinski definition) is 0. The van der Waals surface area contributed by atoms with Gasteiger partial charge in [-0.15, -0.1) is 0 Å². The van der Waals surface area contributed by atoms with Gasteiger partial charge in [-0.3, -0.25) is 9.36 Å². The molecule has 1 aliphatic rings. The van der Waals surface area contributed by atoms with Gasteiger partial charge in [0.1, 0.15) is 12.4 Å². The standard InChI is InChI=1S/C32H26Br3IN2O6S/c1-5-43-31(40)27-16(2)37-32-38(28(27)21-13-24(41-3)25(42-4)14-22(21)35)30(39)26(45-32)11-18-10-20(34)12-23(36)29(18)44-15-17-6-8-19(33)9-7-17/h6-14,28H,5,15H2,1-4H3/b26-11-/t28-/m0/s1. The summed E-state index contributed by atoms with van der Waals surface area (Å²) in [4.78, 5) is 32.8. The number of thiazole rings is 1. The summed E-state index contributed by atoms with van der Waals surface area (Å²) >= 11 is 14.2. The van der Waals surface area contributed by atoms with Crippen LogP contribution in [0.2, 0.25) is 0 Å². The summed E-state index contributed by atoms with van der Waals surface area (Å²) < 4.78 is 28.1. The summed E-state index contributed by atoms with van der Waals surface area (Å²) in [7, 11) is 3.07. The second kappa shape index (κ2) is 14.5. The Morgan fingerprint density at radius 2 is 1.73 bits per heavy atom. The number of nitrogens with zero attached hydrogens (tertiary/aromatic N) is 2. The first-order valence-corrected chi connectivity index (χ1v) is 17.8. The molecule has 0 fully saturated rings. The van der Waals surface area contributed by atoms with Gasteiger partial charge in [0.25, 0.3) is 5.56 Å². The zero-order valence-corrected chi connectivity index (χ0v) is 32.2. The van der Waals surface area contributed by atoms with Crippen molar-refractivity contribution < 1.29 is 23.7 Å². The van der Waals surface area contributed by atoms with Crippen molar-refractivity contribution in [1.29, 1.82) is 0 Å². The van der Waals surface area contributed by atoms with E-state index in [4.69, 9.17) is 23.9 Å². The van der Waals surface area contributed by atoms with E-state index in [2.05, 4.69) is 70.4 Å². The van der Waals surface area contributed by atoms with Crippen LogP contribution in [0.3, 0.4) is 0 Å². The summed E-state index contributed by atoms with van der Waals surface area (Å²) in [6.45, 7) is 4.00. The Balaban J connectivity index is 1.69. The van der Waals surface area contributed by atoms with Gasteiger partial charge < -0.3 is 18.9 Å². The Labute approximate surface area is 302 Å². The van der Waals surface area contributed by atoms with Crippen molar-refractivity contribution in [3.05, 3.63) is 113 Å². The summed E-state index contributed by atoms with van der Waals surface area (Å²) in [6.07, 6.45) is 1.80. The lowest BCUT2D eigenvalue weighted by Gasteiger charge is -2.26. The van der Waals surface area contributed by atoms with Gasteiger partial charge in [0.2, 0.25) is 0 Å². The van der Waals surface area contributed by atoms with Crippen LogP contribution < -0.4 is 29.1 Å². The number of allylic oxidation sites excluding steroid dienone is 1. The fraction of sp³-hybridized carbons (Fsp3) is 0.219. The minimum atomic E-state index is -0.840. The zero-order chi connectivity index (χ0) is 32.4. The Morgan fingerprint density at radius 3 is 2.40 bits per heavy atom. The molecule has 1 aromatic heterocycles. The first-order valence-electron chi connectivity index (χ1n) is 13.5. The Bertz CT molecular complexity index is 2010. The number of carbonyl (C=O) groups is 1. The molecule has 2 heterocycles. The van der Waals surface area contributed by atoms with E-state index < -0.39 is 12.0 Å². The molecule has 13 heteroatoms. The predicted octanol–water partition coefficient (Wildman–Crippen LogP) is 7.29. The lowest BCUT2D eigenvalue weighted by Crippen LogP contribution is -2.40. The van der Waals surface area contributed by atoms with E-state index in [9.17, 15) is 9.59 Å². The maximum Gasteiger partial charge on any atom is 0.338 e. The number of ether oxygens (including phenoxy) is 4. The number of fused-ring (bicyclic) bond motifs is 1. The monoisotopic (exact) mass is 930 g/mol. The van der Waals surface area contributed by atoms with Gasteiger partial charge >= 0.3 is 5.97 Å². The maximum atomic E-state index is 14.3. The topological polar surface area (TPSA) is 88.4 Å². The van der Waals surface area contributed by atoms with Gasteiger partial charge in [-0.1, -0.05) is 71.3 Å². The van der Waals surface area contributed by atoms with Crippen LogP contribution in [-0.2, 0) is 16.1 Å². The van der Waals surface area contributed by atoms with Crippen LogP contribution in [0.1, 0.15) is 36.6 Å². The highest BCUT2D eigenvalue weighted by Crippen LogP contribution is 2.41. The molecule has 45 heavy (non-hydrogen) atoms. The van der Waals surface area contributed by atoms with Crippen LogP contribution in [0.15, 0.2) is 83.0 Å². The largest absolute Gasteiger partial charge is 0.493 e. The van der Waals surface area contributed by atoms with Gasteiger partial charge in [-0.2, -0.15) is 0 Å². The predicted molar refractivity (Wildman–Crippen MR) is 193 cm³/mol. The Hall–Kier alpha value is -2.46. The van der Waals surface area contributed by atoms with Gasteiger partial charge in [0.15, 0.2) is 16.3 Å². The molecule has 234 valence electrons. The van der Waals surface area contributed by atoms with Crippen LogP contribution in [0.4, 0.5) is 0 Å². The average Bonchev–Trinajstić information content (AvgIpc) is 3.30. The lowest BCUT2D eigenvalue weighted by molar-refractivity contribution is -0.139. The maximum absolute atomic E-state index is 14.3. The molecular formula is C32H26Br3IN2O6S. The first kappa shape index (κ1) is 33.9. The van der Waals surface area contributed by atoms with E-state index in [0.717, 1.165) is 23.6 Å². The van der Waals surface area contributed by atoms with Crippen molar-refractivity contribution >= 4 is 93.8 Å². The minimum Gasteiger partial charge on any atom is -0.493 e. The number of hydrogen-bond acceptors (Lipinski definition) is 8. The van der Waals surface area contributed by atoms with Gasteiger partial charge in [-0.05, 0) is 90.0 Å². The second-order valence-corrected chi connectivity index (χ2v) is 14.6. The minimum absolute atomic E-state index is 0.171. The highest BCUT2D eigenvalue weighted by atomic mass is 127. The Morgan fingerprint density at radius 1 is 1.04 bits per heavy atom. The Kier molecular flexibility index (Phi) is 10.9. The molecule has 0 aliphatic carbocycles. The van der Waals surface area contributed by atoms with E-state index in [1.54, 1.807) is 39.2 Å². The molecule has 1 aliphatic heterocycles. The smallest absolute Gasteiger partial charge is 0.338 e. The van der Waals surface area contributed by atoms with Gasteiger partial charge in [0, 0.05) is 19.0 Å². The molecule has 0 spiro atoms. The molecule has 1 atom stereocenters. The molecule has 0 radical (unpaired) electrons. The average molecular weight is 933 g/mol. The van der Waals surface area contributed by atoms with Gasteiger partial charge in [-0.25, -0.2) is 9.79 Å². The normalized spacial score (nSPS) is 14.6. The zero-order valence-electron chi connectivity index (χ0n) is 24.5. The van der Waals surface area contributed by atoms with Crippen LogP contribution in [0.25, 0.3) is 6.08 Å². The molecule has 0 N–H and O–H groups in total. The van der Waals surface area contributed by atoms with Crippen molar-refractivity contribution in [3.63, 3.8) is 0 Å². The number of rotatable bonds is 9. The van der Waals surface area contributed by atoms with Crippen molar-refractivity contribution in [2.75, 3.05) is 20.8 Å². The third-order valence-corrected chi connectivity index (χ3v) is 10.4. The van der Waals surface area contributed by atoms with E-state index >= 15 is 0 Å². The quantitative estimate of drug-likeness (QED) is 0.130. The fourth-order valence-electron chi connectivity index (χ4n) is 4.88. The van der Waals surface area contributed by atoms with Crippen LogP contribution in [0.5, 0.6) is 17.2 Å². The van der Waals surface area contributed by atoms with Crippen LogP contribution >= 0.6 is 81.7 Å². The summed E-state index contributed by atoms with van der Waals surface area (Å²) in [5.74, 6) is 1.05. The van der Waals surface area contributed by atoms with E-state index in [1.165, 1.54) is 23.0 Å². The molecule has 4 aromatic rings. The van der Waals surface area contributed by atoms with E-state index in [1.807, 2.05) is 36.4 Å². The summed E-state index contributed by atoms with van der Waals surface area (Å²) in [5, 5.41) is 0.